The molecule has 1 saturated heterocycles. The molecule has 1 amide bonds. The van der Waals surface area contributed by atoms with Crippen LogP contribution in [0.1, 0.15) is 18.2 Å². The molecule has 1 aliphatic rings. The van der Waals surface area contributed by atoms with Crippen LogP contribution in [-0.4, -0.2) is 30.5 Å². The third-order valence-corrected chi connectivity index (χ3v) is 4.74. The molecular formula is C16H20N3OS+. The van der Waals surface area contributed by atoms with E-state index >= 15 is 0 Å². The normalized spacial score (nSPS) is 18.5. The summed E-state index contributed by atoms with van der Waals surface area (Å²) in [6, 6.07) is 8.61. The molecule has 0 aliphatic carbocycles. The lowest BCUT2D eigenvalue weighted by Gasteiger charge is -2.22. The second kappa shape index (κ2) is 6.37. The van der Waals surface area contributed by atoms with Gasteiger partial charge in [0.1, 0.15) is 17.2 Å². The van der Waals surface area contributed by atoms with Crippen molar-refractivity contribution < 1.29 is 9.69 Å². The predicted octanol–water partition coefficient (Wildman–Crippen LogP) is 0.887. The van der Waals surface area contributed by atoms with E-state index in [1.54, 1.807) is 11.3 Å². The van der Waals surface area contributed by atoms with Crippen molar-refractivity contribution in [1.29, 1.82) is 0 Å². The zero-order valence-electron chi connectivity index (χ0n) is 12.2. The number of aromatic nitrogens is 1. The molecule has 4 nitrogen and oxygen atoms in total. The third kappa shape index (κ3) is 3.49. The van der Waals surface area contributed by atoms with Gasteiger partial charge in [-0.3, -0.25) is 4.79 Å². The molecule has 0 saturated carbocycles. The average molecular weight is 302 g/mol. The van der Waals surface area contributed by atoms with Gasteiger partial charge in [0.15, 0.2) is 6.54 Å². The number of rotatable bonds is 4. The Kier molecular flexibility index (Phi) is 4.31. The molecule has 2 heterocycles. The van der Waals surface area contributed by atoms with Gasteiger partial charge in [0.05, 0.1) is 13.1 Å². The maximum absolute atomic E-state index is 11.4. The van der Waals surface area contributed by atoms with Gasteiger partial charge >= 0.3 is 0 Å². The Labute approximate surface area is 128 Å². The monoisotopic (exact) mass is 302 g/mol. The summed E-state index contributed by atoms with van der Waals surface area (Å²) in [6.07, 6.45) is 1.06. The van der Waals surface area contributed by atoms with Gasteiger partial charge in [0.2, 0.25) is 0 Å². The van der Waals surface area contributed by atoms with E-state index in [-0.39, 0.29) is 5.91 Å². The second-order valence-electron chi connectivity index (χ2n) is 5.40. The molecule has 1 aromatic carbocycles. The Bertz CT molecular complexity index is 621. The molecule has 0 spiro atoms. The SMILES string of the molecule is CCc1ccc(-c2nc(C[NH+]3CCNC(=O)C3)cs2)cc1. The van der Waals surface area contributed by atoms with Crippen molar-refractivity contribution in [3.63, 3.8) is 0 Å². The Morgan fingerprint density at radius 2 is 2.14 bits per heavy atom. The molecule has 5 heteroatoms. The van der Waals surface area contributed by atoms with Crippen molar-refractivity contribution in [3.05, 3.63) is 40.9 Å². The molecule has 2 aromatic rings. The van der Waals surface area contributed by atoms with Gasteiger partial charge in [-0.2, -0.15) is 0 Å². The molecule has 1 unspecified atom stereocenters. The third-order valence-electron chi connectivity index (χ3n) is 3.80. The fourth-order valence-electron chi connectivity index (χ4n) is 2.57. The van der Waals surface area contributed by atoms with Crippen LogP contribution in [0.4, 0.5) is 0 Å². The minimum absolute atomic E-state index is 0.141. The number of nitrogens with zero attached hydrogens (tertiary/aromatic N) is 1. The van der Waals surface area contributed by atoms with E-state index < -0.39 is 0 Å². The molecule has 3 rings (SSSR count). The van der Waals surface area contributed by atoms with Gasteiger partial charge in [-0.05, 0) is 12.0 Å². The first-order chi connectivity index (χ1) is 10.2. The number of nitrogens with one attached hydrogen (secondary N) is 2. The average Bonchev–Trinajstić information content (AvgIpc) is 2.96. The summed E-state index contributed by atoms with van der Waals surface area (Å²) in [5.74, 6) is 0.141. The molecule has 1 aromatic heterocycles. The number of aryl methyl sites for hydroxylation is 1. The highest BCUT2D eigenvalue weighted by Crippen LogP contribution is 2.23. The van der Waals surface area contributed by atoms with E-state index in [2.05, 4.69) is 41.9 Å². The zero-order chi connectivity index (χ0) is 14.7. The minimum atomic E-state index is 0.141. The summed E-state index contributed by atoms with van der Waals surface area (Å²) in [7, 11) is 0. The van der Waals surface area contributed by atoms with Crippen molar-refractivity contribution in [2.75, 3.05) is 19.6 Å². The number of carbonyl (C=O) groups is 1. The van der Waals surface area contributed by atoms with Gasteiger partial charge < -0.3 is 10.2 Å². The summed E-state index contributed by atoms with van der Waals surface area (Å²) >= 11 is 1.68. The topological polar surface area (TPSA) is 46.4 Å². The van der Waals surface area contributed by atoms with Crippen LogP contribution in [-0.2, 0) is 17.8 Å². The first-order valence-corrected chi connectivity index (χ1v) is 8.26. The number of carbonyl (C=O) groups excluding carboxylic acids is 1. The molecule has 2 N–H and O–H groups in total. The van der Waals surface area contributed by atoms with Crippen LogP contribution in [0.2, 0.25) is 0 Å². The molecule has 0 bridgehead atoms. The van der Waals surface area contributed by atoms with Gasteiger partial charge in [-0.15, -0.1) is 11.3 Å². The Hall–Kier alpha value is -1.72. The summed E-state index contributed by atoms with van der Waals surface area (Å²) < 4.78 is 0. The number of thiazole rings is 1. The van der Waals surface area contributed by atoms with Crippen molar-refractivity contribution in [2.24, 2.45) is 0 Å². The Morgan fingerprint density at radius 1 is 1.33 bits per heavy atom. The van der Waals surface area contributed by atoms with E-state index in [9.17, 15) is 4.79 Å². The minimum Gasteiger partial charge on any atom is -0.346 e. The Balaban J connectivity index is 1.69. The number of quaternary nitrogens is 1. The first kappa shape index (κ1) is 14.2. The maximum atomic E-state index is 11.4. The van der Waals surface area contributed by atoms with Crippen molar-refractivity contribution in [1.82, 2.24) is 10.3 Å². The highest BCUT2D eigenvalue weighted by Gasteiger charge is 2.20. The van der Waals surface area contributed by atoms with Crippen LogP contribution in [0.15, 0.2) is 29.6 Å². The van der Waals surface area contributed by atoms with Crippen molar-refractivity contribution in [3.8, 4) is 10.6 Å². The molecule has 0 radical (unpaired) electrons. The largest absolute Gasteiger partial charge is 0.346 e. The number of hydrogen-bond acceptors (Lipinski definition) is 3. The van der Waals surface area contributed by atoms with Crippen molar-refractivity contribution in [2.45, 2.75) is 19.9 Å². The van der Waals surface area contributed by atoms with E-state index in [1.165, 1.54) is 16.0 Å². The first-order valence-electron chi connectivity index (χ1n) is 7.38. The van der Waals surface area contributed by atoms with Gasteiger partial charge in [-0.1, -0.05) is 31.2 Å². The Morgan fingerprint density at radius 3 is 2.86 bits per heavy atom. The molecule has 1 atom stereocenters. The number of piperazine rings is 1. The highest BCUT2D eigenvalue weighted by atomic mass is 32.1. The van der Waals surface area contributed by atoms with E-state index in [0.29, 0.717) is 6.54 Å². The quantitative estimate of drug-likeness (QED) is 0.881. The van der Waals surface area contributed by atoms with Crippen LogP contribution < -0.4 is 10.2 Å². The summed E-state index contributed by atoms with van der Waals surface area (Å²) in [5.41, 5.74) is 3.61. The fraction of sp³-hybridized carbons (Fsp3) is 0.375. The lowest BCUT2D eigenvalue weighted by atomic mass is 10.1. The van der Waals surface area contributed by atoms with Gasteiger partial charge in [0, 0.05) is 10.9 Å². The zero-order valence-corrected chi connectivity index (χ0v) is 13.0. The molecule has 1 fully saturated rings. The number of benzene rings is 1. The van der Waals surface area contributed by atoms with E-state index in [4.69, 9.17) is 4.98 Å². The highest BCUT2D eigenvalue weighted by molar-refractivity contribution is 7.13. The summed E-state index contributed by atoms with van der Waals surface area (Å²) in [4.78, 5) is 17.4. The smallest absolute Gasteiger partial charge is 0.275 e. The lowest BCUT2D eigenvalue weighted by Crippen LogP contribution is -3.14. The van der Waals surface area contributed by atoms with Crippen LogP contribution in [0.3, 0.4) is 0 Å². The van der Waals surface area contributed by atoms with Gasteiger partial charge in [0.25, 0.3) is 5.91 Å². The fourth-order valence-corrected chi connectivity index (χ4v) is 3.39. The van der Waals surface area contributed by atoms with Gasteiger partial charge in [-0.25, -0.2) is 4.98 Å². The molecule has 21 heavy (non-hydrogen) atoms. The summed E-state index contributed by atoms with van der Waals surface area (Å²) in [5, 5.41) is 6.04. The molecule has 110 valence electrons. The predicted molar refractivity (Wildman–Crippen MR) is 84.3 cm³/mol. The second-order valence-corrected chi connectivity index (χ2v) is 6.26. The van der Waals surface area contributed by atoms with Crippen LogP contribution >= 0.6 is 11.3 Å². The van der Waals surface area contributed by atoms with E-state index in [1.807, 2.05) is 0 Å². The van der Waals surface area contributed by atoms with Crippen molar-refractivity contribution >= 4 is 17.2 Å². The van der Waals surface area contributed by atoms with Crippen LogP contribution in [0.25, 0.3) is 10.6 Å². The van der Waals surface area contributed by atoms with Crippen LogP contribution in [0, 0.1) is 0 Å². The van der Waals surface area contributed by atoms with E-state index in [0.717, 1.165) is 36.8 Å². The standard InChI is InChI=1S/C16H19N3OS/c1-2-12-3-5-13(6-4-12)16-18-14(11-21-16)9-19-8-7-17-15(20)10-19/h3-6,11H,2,7-10H2,1H3,(H,17,20)/p+1. The number of hydrogen-bond donors (Lipinski definition) is 2. The molecular weight excluding hydrogens is 282 g/mol. The molecule has 1 aliphatic heterocycles. The lowest BCUT2D eigenvalue weighted by molar-refractivity contribution is -0.907. The number of amides is 1. The summed E-state index contributed by atoms with van der Waals surface area (Å²) in [6.45, 7) is 5.29. The van der Waals surface area contributed by atoms with Crippen LogP contribution in [0.5, 0.6) is 0 Å². The maximum Gasteiger partial charge on any atom is 0.275 e.